The van der Waals surface area contributed by atoms with Gasteiger partial charge >= 0.3 is 0 Å². The Hall–Kier alpha value is -0.340. The molecule has 0 aromatic heterocycles. The number of hydrogen-bond donors (Lipinski definition) is 0. The minimum Gasteiger partial charge on any atom is -0.0876 e. The highest BCUT2D eigenvalue weighted by Crippen LogP contribution is 2.36. The Balaban J connectivity index is 2.86. The van der Waals surface area contributed by atoms with Crippen molar-refractivity contribution in [3.8, 4) is 0 Å². The molecule has 0 heterocycles. The largest absolute Gasteiger partial charge is 0.0876 e. The Kier molecular flexibility index (Phi) is 5.14. The number of halogens is 2. The Morgan fingerprint density at radius 1 is 0.636 bits per heavy atom. The predicted molar refractivity (Wildman–Crippen MR) is 107 cm³/mol. The zero-order valence-electron chi connectivity index (χ0n) is 14.5. The van der Waals surface area contributed by atoms with E-state index in [0.717, 1.165) is 10.7 Å². The fourth-order valence-electron chi connectivity index (χ4n) is 2.70. The molecule has 0 atom stereocenters. The second-order valence-corrected chi connectivity index (χ2v) is 9.25. The van der Waals surface area contributed by atoms with Crippen molar-refractivity contribution in [1.82, 2.24) is 0 Å². The summed E-state index contributed by atoms with van der Waals surface area (Å²) in [5.41, 5.74) is 5.90. The van der Waals surface area contributed by atoms with E-state index < -0.39 is 0 Å². The van der Waals surface area contributed by atoms with Crippen molar-refractivity contribution >= 4 is 42.6 Å². The molecule has 2 rings (SSSR count). The van der Waals surface area contributed by atoms with Gasteiger partial charge in [0.25, 0.3) is 0 Å². The van der Waals surface area contributed by atoms with Crippen LogP contribution >= 0.6 is 31.9 Å². The van der Waals surface area contributed by atoms with Gasteiger partial charge in [0, 0.05) is 10.7 Å². The average molecular weight is 426 g/mol. The van der Waals surface area contributed by atoms with Gasteiger partial charge in [0.15, 0.2) is 0 Å². The number of rotatable bonds is 2. The zero-order valence-corrected chi connectivity index (χ0v) is 17.7. The molecule has 0 N–H and O–H groups in total. The predicted octanol–water partition coefficient (Wildman–Crippen LogP) is 7.22. The highest BCUT2D eigenvalue weighted by Gasteiger charge is 2.20. The van der Waals surface area contributed by atoms with Crippen molar-refractivity contribution in [3.05, 3.63) is 46.5 Å². The monoisotopic (exact) mass is 424 g/mol. The number of benzene rings is 2. The van der Waals surface area contributed by atoms with Gasteiger partial charge in [-0.15, -0.1) is 0 Å². The minimum absolute atomic E-state index is 0.164. The molecule has 0 fully saturated rings. The highest BCUT2D eigenvalue weighted by molar-refractivity contribution is 9.08. The maximum Gasteiger partial charge on any atom is 0.0289 e. The van der Waals surface area contributed by atoms with Gasteiger partial charge in [0.2, 0.25) is 0 Å². The van der Waals surface area contributed by atoms with Crippen LogP contribution in [0.25, 0.3) is 10.8 Å². The molecule has 0 unspecified atom stereocenters. The second kappa shape index (κ2) is 6.28. The van der Waals surface area contributed by atoms with Crippen molar-refractivity contribution in [2.45, 2.75) is 63.0 Å². The summed E-state index contributed by atoms with van der Waals surface area (Å²) in [7, 11) is 0. The van der Waals surface area contributed by atoms with Gasteiger partial charge in [0.05, 0.1) is 0 Å². The Labute approximate surface area is 151 Å². The smallest absolute Gasteiger partial charge is 0.0289 e. The summed E-state index contributed by atoms with van der Waals surface area (Å²) in [5.74, 6) is 0. The molecule has 0 saturated heterocycles. The van der Waals surface area contributed by atoms with Crippen LogP contribution < -0.4 is 0 Å². The molecule has 0 aliphatic rings. The maximum atomic E-state index is 3.69. The van der Waals surface area contributed by atoms with E-state index in [-0.39, 0.29) is 10.8 Å². The van der Waals surface area contributed by atoms with E-state index in [0.29, 0.717) is 0 Å². The first-order chi connectivity index (χ1) is 10.1. The molecular formula is C20H26Br2. The maximum absolute atomic E-state index is 3.69. The molecule has 0 amide bonds. The summed E-state index contributed by atoms with van der Waals surface area (Å²) in [6.45, 7) is 13.7. The van der Waals surface area contributed by atoms with Crippen LogP contribution in [0.4, 0.5) is 0 Å². The summed E-state index contributed by atoms with van der Waals surface area (Å²) in [6.07, 6.45) is 0. The molecule has 22 heavy (non-hydrogen) atoms. The fourth-order valence-corrected chi connectivity index (χ4v) is 3.63. The third-order valence-electron chi connectivity index (χ3n) is 4.26. The van der Waals surface area contributed by atoms with Crippen molar-refractivity contribution in [2.75, 3.05) is 0 Å². The van der Waals surface area contributed by atoms with E-state index in [1.54, 1.807) is 0 Å². The van der Waals surface area contributed by atoms with Gasteiger partial charge < -0.3 is 0 Å². The molecule has 2 aromatic carbocycles. The Morgan fingerprint density at radius 3 is 1.18 bits per heavy atom. The molecule has 0 bridgehead atoms. The Morgan fingerprint density at radius 2 is 0.955 bits per heavy atom. The average Bonchev–Trinajstić information content (AvgIpc) is 2.42. The summed E-state index contributed by atoms with van der Waals surface area (Å²) >= 11 is 7.38. The zero-order chi connectivity index (χ0) is 16.7. The number of hydrogen-bond acceptors (Lipinski definition) is 0. The third kappa shape index (κ3) is 3.59. The number of alkyl halides is 2. The topological polar surface area (TPSA) is 0 Å². The molecule has 0 aliphatic heterocycles. The van der Waals surface area contributed by atoms with Gasteiger partial charge in [-0.3, -0.25) is 0 Å². The Bertz CT molecular complexity index is 624. The lowest BCUT2D eigenvalue weighted by molar-refractivity contribution is 0.588. The molecule has 0 spiro atoms. The lowest BCUT2D eigenvalue weighted by Gasteiger charge is -2.25. The first kappa shape index (κ1) is 18.0. The molecule has 0 saturated carbocycles. The SMILES string of the molecule is CC(C)(C)c1cc(CBr)c2cc(C(C)(C)C)cc(CBr)c2c1. The van der Waals surface area contributed by atoms with Gasteiger partial charge in [-0.2, -0.15) is 0 Å². The first-order valence-corrected chi connectivity index (χ1v) is 10.0. The van der Waals surface area contributed by atoms with Crippen molar-refractivity contribution in [2.24, 2.45) is 0 Å². The summed E-state index contributed by atoms with van der Waals surface area (Å²) in [6, 6.07) is 9.48. The van der Waals surface area contributed by atoms with Crippen molar-refractivity contribution < 1.29 is 0 Å². The van der Waals surface area contributed by atoms with Crippen LogP contribution in [0.3, 0.4) is 0 Å². The first-order valence-electron chi connectivity index (χ1n) is 7.80. The van der Waals surface area contributed by atoms with E-state index in [1.807, 2.05) is 0 Å². The molecule has 0 aliphatic carbocycles. The summed E-state index contributed by atoms with van der Waals surface area (Å²) in [4.78, 5) is 0. The van der Waals surface area contributed by atoms with Gasteiger partial charge in [0.1, 0.15) is 0 Å². The summed E-state index contributed by atoms with van der Waals surface area (Å²) < 4.78 is 0. The normalized spacial score (nSPS) is 12.9. The van der Waals surface area contributed by atoms with Gasteiger partial charge in [-0.1, -0.05) is 97.7 Å². The summed E-state index contributed by atoms with van der Waals surface area (Å²) in [5, 5.41) is 4.55. The van der Waals surface area contributed by atoms with Crippen LogP contribution in [0.2, 0.25) is 0 Å². The van der Waals surface area contributed by atoms with Crippen LogP contribution in [0.5, 0.6) is 0 Å². The quantitative estimate of drug-likeness (QED) is 0.445. The second-order valence-electron chi connectivity index (χ2n) is 8.13. The lowest BCUT2D eigenvalue weighted by atomic mass is 9.81. The van der Waals surface area contributed by atoms with Crippen LogP contribution in [0.1, 0.15) is 63.8 Å². The third-order valence-corrected chi connectivity index (χ3v) is 5.47. The van der Waals surface area contributed by atoms with Crippen LogP contribution in [0.15, 0.2) is 24.3 Å². The molecular weight excluding hydrogens is 400 g/mol. The minimum atomic E-state index is 0.164. The molecule has 2 aromatic rings. The highest BCUT2D eigenvalue weighted by atomic mass is 79.9. The van der Waals surface area contributed by atoms with Crippen LogP contribution in [-0.2, 0) is 21.5 Å². The number of fused-ring (bicyclic) bond motifs is 1. The van der Waals surface area contributed by atoms with Crippen molar-refractivity contribution in [3.63, 3.8) is 0 Å². The fraction of sp³-hybridized carbons (Fsp3) is 0.500. The van der Waals surface area contributed by atoms with Gasteiger partial charge in [-0.05, 0) is 43.9 Å². The van der Waals surface area contributed by atoms with E-state index in [1.165, 1.54) is 33.0 Å². The van der Waals surface area contributed by atoms with E-state index in [9.17, 15) is 0 Å². The van der Waals surface area contributed by atoms with Gasteiger partial charge in [-0.25, -0.2) is 0 Å². The molecule has 2 heteroatoms. The van der Waals surface area contributed by atoms with Crippen LogP contribution in [0, 0.1) is 0 Å². The lowest BCUT2D eigenvalue weighted by Crippen LogP contribution is -2.13. The van der Waals surface area contributed by atoms with Crippen LogP contribution in [-0.4, -0.2) is 0 Å². The van der Waals surface area contributed by atoms with Crippen molar-refractivity contribution in [1.29, 1.82) is 0 Å². The standard InChI is InChI=1S/C20H26Br2/c1-19(2,3)15-7-13(11-21)18-10-16(20(4,5)6)8-14(12-22)17(18)9-15/h7-10H,11-12H2,1-6H3. The van der Waals surface area contributed by atoms with E-state index >= 15 is 0 Å². The van der Waals surface area contributed by atoms with E-state index in [4.69, 9.17) is 0 Å². The molecule has 0 radical (unpaired) electrons. The van der Waals surface area contributed by atoms with E-state index in [2.05, 4.69) is 97.7 Å². The molecule has 120 valence electrons. The molecule has 0 nitrogen and oxygen atoms in total.